The largest absolute Gasteiger partial charge is 0.466 e. The predicted molar refractivity (Wildman–Crippen MR) is 103 cm³/mol. The van der Waals surface area contributed by atoms with Crippen LogP contribution in [0.2, 0.25) is 5.02 Å². The van der Waals surface area contributed by atoms with E-state index in [0.717, 1.165) is 16.5 Å². The number of carbonyl (C=O) groups is 2. The normalized spacial score (nSPS) is 10.7. The number of fused-ring (bicyclic) bond motifs is 1. The Morgan fingerprint density at radius 2 is 1.96 bits per heavy atom. The summed E-state index contributed by atoms with van der Waals surface area (Å²) in [6.07, 6.45) is 1.94. The van der Waals surface area contributed by atoms with Crippen molar-refractivity contribution in [2.24, 2.45) is 7.05 Å². The second-order valence-electron chi connectivity index (χ2n) is 5.92. The monoisotopic (exact) mass is 370 g/mol. The van der Waals surface area contributed by atoms with Gasteiger partial charge in [-0.1, -0.05) is 35.9 Å². The number of para-hydroxylation sites is 1. The zero-order valence-electron chi connectivity index (χ0n) is 14.6. The highest BCUT2D eigenvalue weighted by atomic mass is 35.5. The van der Waals surface area contributed by atoms with E-state index in [1.54, 1.807) is 31.3 Å². The molecule has 0 fully saturated rings. The van der Waals surface area contributed by atoms with Gasteiger partial charge in [-0.3, -0.25) is 9.59 Å². The van der Waals surface area contributed by atoms with Crippen LogP contribution >= 0.6 is 11.6 Å². The number of ether oxygens (including phenoxy) is 1. The summed E-state index contributed by atoms with van der Waals surface area (Å²) in [5.41, 5.74) is 2.79. The molecule has 1 heterocycles. The molecule has 0 atom stereocenters. The first-order valence-corrected chi connectivity index (χ1v) is 8.67. The Labute approximate surface area is 156 Å². The van der Waals surface area contributed by atoms with E-state index in [1.165, 1.54) is 0 Å². The minimum Gasteiger partial charge on any atom is -0.466 e. The molecule has 0 saturated heterocycles. The van der Waals surface area contributed by atoms with Crippen molar-refractivity contribution >= 4 is 40.1 Å². The Morgan fingerprint density at radius 1 is 1.19 bits per heavy atom. The van der Waals surface area contributed by atoms with Crippen LogP contribution in [0.5, 0.6) is 0 Å². The molecule has 0 aliphatic heterocycles. The lowest BCUT2D eigenvalue weighted by molar-refractivity contribution is -0.142. The van der Waals surface area contributed by atoms with Gasteiger partial charge < -0.3 is 14.6 Å². The maximum atomic E-state index is 12.7. The first-order chi connectivity index (χ1) is 12.5. The highest BCUT2D eigenvalue weighted by Gasteiger charge is 2.15. The molecule has 0 aliphatic rings. The number of amides is 1. The molecular weight excluding hydrogens is 352 g/mol. The van der Waals surface area contributed by atoms with E-state index < -0.39 is 0 Å². The summed E-state index contributed by atoms with van der Waals surface area (Å²) in [4.78, 5) is 24.2. The van der Waals surface area contributed by atoms with Crippen LogP contribution < -0.4 is 5.32 Å². The molecule has 3 aromatic rings. The summed E-state index contributed by atoms with van der Waals surface area (Å²) < 4.78 is 6.84. The van der Waals surface area contributed by atoms with Gasteiger partial charge in [0.1, 0.15) is 0 Å². The van der Waals surface area contributed by atoms with E-state index in [1.807, 2.05) is 35.9 Å². The quantitative estimate of drug-likeness (QED) is 0.685. The molecule has 0 radical (unpaired) electrons. The number of rotatable bonds is 5. The van der Waals surface area contributed by atoms with Gasteiger partial charge in [0.25, 0.3) is 5.91 Å². The van der Waals surface area contributed by atoms with Crippen LogP contribution in [0.3, 0.4) is 0 Å². The molecule has 2 aromatic carbocycles. The van der Waals surface area contributed by atoms with Gasteiger partial charge in [-0.25, -0.2) is 0 Å². The molecule has 0 aliphatic carbocycles. The standard InChI is InChI=1S/C20H19ClN2O3/c1-3-26-19(24)11-13-8-9-17(16(21)10-13)22-20(25)15-12-23(2)18-7-5-4-6-14(15)18/h4-10,12H,3,11H2,1-2H3,(H,22,25). The van der Waals surface area contributed by atoms with Crippen LogP contribution in [-0.4, -0.2) is 23.1 Å². The van der Waals surface area contributed by atoms with Crippen molar-refractivity contribution in [3.8, 4) is 0 Å². The van der Waals surface area contributed by atoms with Gasteiger partial charge in [-0.15, -0.1) is 0 Å². The number of hydrogen-bond donors (Lipinski definition) is 1. The molecule has 134 valence electrons. The highest BCUT2D eigenvalue weighted by Crippen LogP contribution is 2.26. The van der Waals surface area contributed by atoms with E-state index in [4.69, 9.17) is 16.3 Å². The maximum absolute atomic E-state index is 12.7. The minimum atomic E-state index is -0.309. The molecule has 1 N–H and O–H groups in total. The number of benzene rings is 2. The Kier molecular flexibility index (Phi) is 5.28. The lowest BCUT2D eigenvalue weighted by Gasteiger charge is -2.09. The third kappa shape index (κ3) is 3.73. The molecule has 6 heteroatoms. The smallest absolute Gasteiger partial charge is 0.310 e. The summed E-state index contributed by atoms with van der Waals surface area (Å²) in [5.74, 6) is -0.544. The summed E-state index contributed by atoms with van der Waals surface area (Å²) >= 11 is 6.27. The summed E-state index contributed by atoms with van der Waals surface area (Å²) in [7, 11) is 1.90. The fraction of sp³-hybridized carbons (Fsp3) is 0.200. The fourth-order valence-electron chi connectivity index (χ4n) is 2.86. The van der Waals surface area contributed by atoms with Crippen LogP contribution in [0, 0.1) is 0 Å². The third-order valence-electron chi connectivity index (χ3n) is 4.08. The molecule has 5 nitrogen and oxygen atoms in total. The Balaban J connectivity index is 1.80. The second-order valence-corrected chi connectivity index (χ2v) is 6.33. The van der Waals surface area contributed by atoms with Crippen LogP contribution in [0.4, 0.5) is 5.69 Å². The van der Waals surface area contributed by atoms with Crippen LogP contribution in [0.15, 0.2) is 48.7 Å². The van der Waals surface area contributed by atoms with Crippen LogP contribution in [-0.2, 0) is 23.0 Å². The fourth-order valence-corrected chi connectivity index (χ4v) is 3.11. The molecule has 0 unspecified atom stereocenters. The summed E-state index contributed by atoms with van der Waals surface area (Å²) in [6.45, 7) is 2.10. The summed E-state index contributed by atoms with van der Waals surface area (Å²) in [5, 5.41) is 4.09. The first-order valence-electron chi connectivity index (χ1n) is 8.29. The molecule has 1 aromatic heterocycles. The number of halogens is 1. The van der Waals surface area contributed by atoms with Gasteiger partial charge in [0.2, 0.25) is 0 Å². The number of aromatic nitrogens is 1. The minimum absolute atomic E-state index is 0.144. The lowest BCUT2D eigenvalue weighted by Crippen LogP contribution is -2.12. The molecule has 0 saturated carbocycles. The number of anilines is 1. The number of nitrogens with one attached hydrogen (secondary N) is 1. The van der Waals surface area contributed by atoms with Crippen LogP contribution in [0.1, 0.15) is 22.8 Å². The van der Waals surface area contributed by atoms with Gasteiger partial charge in [0.15, 0.2) is 0 Å². The Bertz CT molecular complexity index is 978. The van der Waals surface area contributed by atoms with Gasteiger partial charge in [-0.2, -0.15) is 0 Å². The first kappa shape index (κ1) is 18.0. The average Bonchev–Trinajstić information content (AvgIpc) is 2.95. The third-order valence-corrected chi connectivity index (χ3v) is 4.39. The van der Waals surface area contributed by atoms with Gasteiger partial charge >= 0.3 is 5.97 Å². The topological polar surface area (TPSA) is 60.3 Å². The van der Waals surface area contributed by atoms with Crippen molar-refractivity contribution in [3.05, 3.63) is 64.8 Å². The van der Waals surface area contributed by atoms with E-state index in [2.05, 4.69) is 5.32 Å². The van der Waals surface area contributed by atoms with E-state index >= 15 is 0 Å². The van der Waals surface area contributed by atoms with E-state index in [0.29, 0.717) is 22.9 Å². The Morgan fingerprint density at radius 3 is 2.69 bits per heavy atom. The van der Waals surface area contributed by atoms with Crippen molar-refractivity contribution in [3.63, 3.8) is 0 Å². The predicted octanol–water partition coefficient (Wildman–Crippen LogP) is 4.19. The van der Waals surface area contributed by atoms with E-state index in [-0.39, 0.29) is 18.3 Å². The molecule has 1 amide bonds. The lowest BCUT2D eigenvalue weighted by atomic mass is 10.1. The van der Waals surface area contributed by atoms with Crippen LogP contribution in [0.25, 0.3) is 10.9 Å². The zero-order chi connectivity index (χ0) is 18.7. The number of esters is 1. The molecule has 3 rings (SSSR count). The van der Waals surface area contributed by atoms with Gasteiger partial charge in [-0.05, 0) is 30.7 Å². The number of nitrogens with zero attached hydrogens (tertiary/aromatic N) is 1. The van der Waals surface area contributed by atoms with E-state index in [9.17, 15) is 9.59 Å². The molecule has 0 spiro atoms. The molecule has 0 bridgehead atoms. The highest BCUT2D eigenvalue weighted by molar-refractivity contribution is 6.34. The van der Waals surface area contributed by atoms with Gasteiger partial charge in [0, 0.05) is 24.1 Å². The van der Waals surface area contributed by atoms with Crippen molar-refractivity contribution in [2.45, 2.75) is 13.3 Å². The number of aryl methyl sites for hydroxylation is 1. The number of carbonyl (C=O) groups excluding carboxylic acids is 2. The summed E-state index contributed by atoms with van der Waals surface area (Å²) in [6, 6.07) is 12.8. The second kappa shape index (κ2) is 7.62. The Hall–Kier alpha value is -2.79. The van der Waals surface area contributed by atoms with Crippen molar-refractivity contribution in [1.29, 1.82) is 0 Å². The maximum Gasteiger partial charge on any atom is 0.310 e. The average molecular weight is 371 g/mol. The number of hydrogen-bond acceptors (Lipinski definition) is 3. The van der Waals surface area contributed by atoms with Crippen molar-refractivity contribution in [2.75, 3.05) is 11.9 Å². The zero-order valence-corrected chi connectivity index (χ0v) is 15.3. The van der Waals surface area contributed by atoms with Crippen molar-refractivity contribution in [1.82, 2.24) is 4.57 Å². The molecule has 26 heavy (non-hydrogen) atoms. The van der Waals surface area contributed by atoms with Gasteiger partial charge in [0.05, 0.1) is 29.3 Å². The van der Waals surface area contributed by atoms with Crippen molar-refractivity contribution < 1.29 is 14.3 Å². The molecular formula is C20H19ClN2O3. The SMILES string of the molecule is CCOC(=O)Cc1ccc(NC(=O)c2cn(C)c3ccccc23)c(Cl)c1.